The number of anilines is 2. The number of halogens is 1. The van der Waals surface area contributed by atoms with Gasteiger partial charge in [0.05, 0.1) is 35.3 Å². The molecule has 0 bridgehead atoms. The van der Waals surface area contributed by atoms with Crippen LogP contribution in [0, 0.1) is 0 Å². The summed E-state index contributed by atoms with van der Waals surface area (Å²) < 4.78 is 0. The Kier molecular flexibility index (Phi) is 4.98. The highest BCUT2D eigenvalue weighted by atomic mass is 35.5. The van der Waals surface area contributed by atoms with Crippen LogP contribution in [0.2, 0.25) is 5.02 Å². The van der Waals surface area contributed by atoms with Gasteiger partial charge in [-0.05, 0) is 24.3 Å². The molecule has 0 aliphatic rings. The molecule has 0 fully saturated rings. The van der Waals surface area contributed by atoms with Crippen molar-refractivity contribution in [1.29, 1.82) is 0 Å². The maximum atomic E-state index is 12.2. The van der Waals surface area contributed by atoms with Crippen molar-refractivity contribution in [1.82, 2.24) is 15.0 Å². The normalized spacial score (nSPS) is 10.2. The van der Waals surface area contributed by atoms with E-state index in [2.05, 4.69) is 25.6 Å². The van der Waals surface area contributed by atoms with E-state index < -0.39 is 0 Å². The Morgan fingerprint density at radius 1 is 1.00 bits per heavy atom. The van der Waals surface area contributed by atoms with Crippen LogP contribution in [0.1, 0.15) is 16.2 Å². The first-order valence-corrected chi connectivity index (χ1v) is 7.62. The van der Waals surface area contributed by atoms with E-state index in [1.165, 1.54) is 12.4 Å². The second kappa shape index (κ2) is 7.52. The second-order valence-corrected chi connectivity index (χ2v) is 5.30. The predicted octanol–water partition coefficient (Wildman–Crippen LogP) is 3.39. The lowest BCUT2D eigenvalue weighted by atomic mass is 10.3. The van der Waals surface area contributed by atoms with Gasteiger partial charge in [-0.25, -0.2) is 9.97 Å². The summed E-state index contributed by atoms with van der Waals surface area (Å²) in [5.74, 6) is 0.196. The van der Waals surface area contributed by atoms with Crippen molar-refractivity contribution in [2.75, 3.05) is 10.6 Å². The smallest absolute Gasteiger partial charge is 0.275 e. The molecule has 2 heterocycles. The van der Waals surface area contributed by atoms with Gasteiger partial charge in [-0.15, -0.1) is 0 Å². The summed E-state index contributed by atoms with van der Waals surface area (Å²) in [6.07, 6.45) is 4.64. The monoisotopic (exact) mass is 339 g/mol. The number of aromatic nitrogens is 3. The van der Waals surface area contributed by atoms with E-state index in [-0.39, 0.29) is 11.6 Å². The third-order valence-corrected chi connectivity index (χ3v) is 3.51. The van der Waals surface area contributed by atoms with Gasteiger partial charge in [-0.2, -0.15) is 0 Å². The van der Waals surface area contributed by atoms with Crippen LogP contribution in [0.5, 0.6) is 0 Å². The van der Waals surface area contributed by atoms with Crippen LogP contribution in [0.25, 0.3) is 0 Å². The van der Waals surface area contributed by atoms with E-state index in [1.54, 1.807) is 30.5 Å². The third-order valence-electron chi connectivity index (χ3n) is 3.18. The van der Waals surface area contributed by atoms with Crippen molar-refractivity contribution >= 4 is 29.0 Å². The van der Waals surface area contributed by atoms with E-state index in [0.717, 1.165) is 5.69 Å². The summed E-state index contributed by atoms with van der Waals surface area (Å²) in [6.45, 7) is 0.528. The fraction of sp³-hybridized carbons (Fsp3) is 0.0588. The second-order valence-electron chi connectivity index (χ2n) is 4.90. The highest BCUT2D eigenvalue weighted by molar-refractivity contribution is 6.33. The molecule has 7 heteroatoms. The standard InChI is InChI=1S/C17H14ClN5O/c18-13-6-1-2-7-14(13)23-17(24)15-10-22-16(11-20-15)21-9-12-5-3-4-8-19-12/h1-8,10-11H,9H2,(H,21,22)(H,23,24). The number of hydrogen-bond donors (Lipinski definition) is 2. The van der Waals surface area contributed by atoms with Gasteiger partial charge in [0.2, 0.25) is 0 Å². The van der Waals surface area contributed by atoms with Crippen molar-refractivity contribution in [2.45, 2.75) is 6.54 Å². The number of carbonyl (C=O) groups is 1. The molecule has 0 saturated carbocycles. The van der Waals surface area contributed by atoms with Crippen molar-refractivity contribution in [3.8, 4) is 0 Å². The SMILES string of the molecule is O=C(Nc1ccccc1Cl)c1cnc(NCc2ccccn2)cn1. The molecule has 0 aliphatic heterocycles. The first-order valence-electron chi connectivity index (χ1n) is 7.24. The average molecular weight is 340 g/mol. The van der Waals surface area contributed by atoms with Gasteiger partial charge in [0.25, 0.3) is 5.91 Å². The number of rotatable bonds is 5. The molecule has 0 aliphatic carbocycles. The molecule has 6 nitrogen and oxygen atoms in total. The Balaban J connectivity index is 1.61. The Morgan fingerprint density at radius 2 is 1.83 bits per heavy atom. The van der Waals surface area contributed by atoms with Crippen molar-refractivity contribution < 1.29 is 4.79 Å². The molecular weight excluding hydrogens is 326 g/mol. The summed E-state index contributed by atoms with van der Waals surface area (Å²) >= 11 is 6.01. The molecule has 3 aromatic rings. The molecule has 0 saturated heterocycles. The molecule has 24 heavy (non-hydrogen) atoms. The Bertz CT molecular complexity index is 824. The zero-order valence-corrected chi connectivity index (χ0v) is 13.4. The maximum Gasteiger partial charge on any atom is 0.275 e. The number of nitrogens with zero attached hydrogens (tertiary/aromatic N) is 3. The van der Waals surface area contributed by atoms with E-state index in [4.69, 9.17) is 11.6 Å². The molecule has 0 radical (unpaired) electrons. The Morgan fingerprint density at radius 3 is 2.54 bits per heavy atom. The first kappa shape index (κ1) is 15.9. The maximum absolute atomic E-state index is 12.2. The van der Waals surface area contributed by atoms with Crippen LogP contribution in [0.3, 0.4) is 0 Å². The predicted molar refractivity (Wildman–Crippen MR) is 93.0 cm³/mol. The lowest BCUT2D eigenvalue weighted by Crippen LogP contribution is -2.14. The van der Waals surface area contributed by atoms with E-state index >= 15 is 0 Å². The van der Waals surface area contributed by atoms with Crippen LogP contribution >= 0.6 is 11.6 Å². The minimum Gasteiger partial charge on any atom is -0.363 e. The molecular formula is C17H14ClN5O. The van der Waals surface area contributed by atoms with Crippen LogP contribution in [0.15, 0.2) is 61.1 Å². The largest absolute Gasteiger partial charge is 0.363 e. The van der Waals surface area contributed by atoms with Gasteiger partial charge in [-0.1, -0.05) is 29.8 Å². The first-order chi connectivity index (χ1) is 11.7. The van der Waals surface area contributed by atoms with Crippen molar-refractivity contribution in [3.05, 3.63) is 77.5 Å². The van der Waals surface area contributed by atoms with Gasteiger partial charge in [-0.3, -0.25) is 9.78 Å². The molecule has 0 spiro atoms. The molecule has 0 unspecified atom stereocenters. The van der Waals surface area contributed by atoms with Crippen LogP contribution in [-0.4, -0.2) is 20.9 Å². The molecule has 3 rings (SSSR count). The topological polar surface area (TPSA) is 79.8 Å². The molecule has 120 valence electrons. The summed E-state index contributed by atoms with van der Waals surface area (Å²) in [4.78, 5) is 24.7. The minimum atomic E-state index is -0.369. The molecule has 1 aromatic carbocycles. The van der Waals surface area contributed by atoms with E-state index in [1.807, 2.05) is 18.2 Å². The zero-order valence-electron chi connectivity index (χ0n) is 12.6. The van der Waals surface area contributed by atoms with Crippen LogP contribution < -0.4 is 10.6 Å². The van der Waals surface area contributed by atoms with Crippen LogP contribution in [-0.2, 0) is 6.54 Å². The Hall–Kier alpha value is -2.99. The van der Waals surface area contributed by atoms with Gasteiger partial charge in [0, 0.05) is 6.20 Å². The highest BCUT2D eigenvalue weighted by Crippen LogP contribution is 2.20. The number of hydrogen-bond acceptors (Lipinski definition) is 5. The number of amides is 1. The van der Waals surface area contributed by atoms with Crippen molar-refractivity contribution in [2.24, 2.45) is 0 Å². The quantitative estimate of drug-likeness (QED) is 0.744. The Labute approximate surface area is 143 Å². The fourth-order valence-corrected chi connectivity index (χ4v) is 2.15. The van der Waals surface area contributed by atoms with Gasteiger partial charge < -0.3 is 10.6 Å². The fourth-order valence-electron chi connectivity index (χ4n) is 1.97. The number of benzene rings is 1. The van der Waals surface area contributed by atoms with Gasteiger partial charge >= 0.3 is 0 Å². The third kappa shape index (κ3) is 4.05. The molecule has 2 aromatic heterocycles. The lowest BCUT2D eigenvalue weighted by molar-refractivity contribution is 0.102. The number of carbonyl (C=O) groups excluding carboxylic acids is 1. The van der Waals surface area contributed by atoms with E-state index in [0.29, 0.717) is 23.1 Å². The summed E-state index contributed by atoms with van der Waals surface area (Å²) in [7, 11) is 0. The molecule has 1 amide bonds. The van der Waals surface area contributed by atoms with Gasteiger partial charge in [0.15, 0.2) is 0 Å². The average Bonchev–Trinajstić information content (AvgIpc) is 2.63. The molecule has 0 atom stereocenters. The number of pyridine rings is 1. The lowest BCUT2D eigenvalue weighted by Gasteiger charge is -2.07. The van der Waals surface area contributed by atoms with Crippen LogP contribution in [0.4, 0.5) is 11.5 Å². The minimum absolute atomic E-state index is 0.207. The van der Waals surface area contributed by atoms with Crippen molar-refractivity contribution in [3.63, 3.8) is 0 Å². The zero-order chi connectivity index (χ0) is 16.8. The number of nitrogens with one attached hydrogen (secondary N) is 2. The summed E-state index contributed by atoms with van der Waals surface area (Å²) in [6, 6.07) is 12.7. The van der Waals surface area contributed by atoms with E-state index in [9.17, 15) is 4.79 Å². The summed E-state index contributed by atoms with van der Waals surface area (Å²) in [5.41, 5.74) is 1.63. The number of para-hydroxylation sites is 1. The van der Waals surface area contributed by atoms with Gasteiger partial charge in [0.1, 0.15) is 11.5 Å². The summed E-state index contributed by atoms with van der Waals surface area (Å²) in [5, 5.41) is 6.26. The molecule has 2 N–H and O–H groups in total. The highest BCUT2D eigenvalue weighted by Gasteiger charge is 2.10.